The summed E-state index contributed by atoms with van der Waals surface area (Å²) in [5, 5.41) is 0. The lowest BCUT2D eigenvalue weighted by molar-refractivity contribution is 0.455. The second-order valence-corrected chi connectivity index (χ2v) is 3.75. The van der Waals surface area contributed by atoms with Gasteiger partial charge in [0.15, 0.2) is 0 Å². The Bertz CT molecular complexity index is 66.1. The van der Waals surface area contributed by atoms with Crippen LogP contribution < -0.4 is 0 Å². The molecule has 2 atom stereocenters. The van der Waals surface area contributed by atoms with Gasteiger partial charge in [0, 0.05) is 0 Å². The van der Waals surface area contributed by atoms with E-state index in [1.165, 1.54) is 25.7 Å². The van der Waals surface area contributed by atoms with Crippen molar-refractivity contribution < 1.29 is 0 Å². The summed E-state index contributed by atoms with van der Waals surface area (Å²) < 4.78 is 0. The van der Waals surface area contributed by atoms with E-state index in [0.717, 1.165) is 11.8 Å². The molecule has 0 aliphatic rings. The lowest BCUT2D eigenvalue weighted by Gasteiger charge is -2.10. The van der Waals surface area contributed by atoms with Crippen LogP contribution in [0.1, 0.15) is 53.4 Å². The van der Waals surface area contributed by atoms with Gasteiger partial charge < -0.3 is 0 Å². The van der Waals surface area contributed by atoms with Crippen LogP contribution in [0.3, 0.4) is 0 Å². The van der Waals surface area contributed by atoms with Gasteiger partial charge in [0.05, 0.1) is 0 Å². The van der Waals surface area contributed by atoms with Crippen molar-refractivity contribution in [3.63, 3.8) is 0 Å². The summed E-state index contributed by atoms with van der Waals surface area (Å²) in [5.41, 5.74) is 0. The maximum Gasteiger partial charge on any atom is -0.0389 e. The van der Waals surface area contributed by atoms with Crippen LogP contribution in [0.2, 0.25) is 0 Å². The molecule has 0 nitrogen and oxygen atoms in total. The molecule has 11 heavy (non-hydrogen) atoms. The normalized spacial score (nSPS) is 16.4. The third-order valence-corrected chi connectivity index (χ3v) is 2.62. The average Bonchev–Trinajstić information content (AvgIpc) is 2.04. The second kappa shape index (κ2) is 6.69. The number of hydrogen-bond acceptors (Lipinski definition) is 0. The molecule has 0 aliphatic heterocycles. The zero-order valence-electron chi connectivity index (χ0n) is 8.56. The molecule has 0 heteroatoms. The standard InChI is InChI=1S/C11H23/c1-5-10(3)8-7-9-11(4)6-2/h5,10-11H,6-9H2,1-4H3. The molecule has 67 valence electrons. The molecule has 1 radical (unpaired) electrons. The molecular formula is C11H23. The molecule has 0 amide bonds. The molecule has 0 aromatic rings. The van der Waals surface area contributed by atoms with Gasteiger partial charge in [0.25, 0.3) is 0 Å². The summed E-state index contributed by atoms with van der Waals surface area (Å²) in [4.78, 5) is 0. The predicted octanol–water partition coefficient (Wildman–Crippen LogP) is 4.06. The molecule has 0 aromatic carbocycles. The van der Waals surface area contributed by atoms with Crippen LogP contribution >= 0.6 is 0 Å². The molecule has 0 heterocycles. The third-order valence-electron chi connectivity index (χ3n) is 2.62. The number of rotatable bonds is 6. The largest absolute Gasteiger partial charge is 0.0651 e. The monoisotopic (exact) mass is 155 g/mol. The Morgan fingerprint density at radius 3 is 2.27 bits per heavy atom. The molecule has 0 fully saturated rings. The molecular weight excluding hydrogens is 132 g/mol. The average molecular weight is 155 g/mol. The van der Waals surface area contributed by atoms with Gasteiger partial charge in [-0.05, 0) is 18.3 Å². The lowest BCUT2D eigenvalue weighted by Crippen LogP contribution is -1.96. The molecule has 0 aromatic heterocycles. The zero-order chi connectivity index (χ0) is 8.69. The Balaban J connectivity index is 3.13. The Labute approximate surface area is 72.4 Å². The van der Waals surface area contributed by atoms with Crippen LogP contribution in [0.25, 0.3) is 0 Å². The Hall–Kier alpha value is 0. The van der Waals surface area contributed by atoms with Gasteiger partial charge in [-0.1, -0.05) is 53.4 Å². The SMILES string of the molecule is C[CH]C(C)CCCC(C)CC. The van der Waals surface area contributed by atoms with E-state index in [9.17, 15) is 0 Å². The molecule has 0 rings (SSSR count). The van der Waals surface area contributed by atoms with Crippen molar-refractivity contribution in [2.24, 2.45) is 11.8 Å². The molecule has 0 spiro atoms. The van der Waals surface area contributed by atoms with Crippen molar-refractivity contribution >= 4 is 0 Å². The first-order valence-corrected chi connectivity index (χ1v) is 5.00. The maximum absolute atomic E-state index is 2.35. The highest BCUT2D eigenvalue weighted by atomic mass is 14.1. The molecule has 2 unspecified atom stereocenters. The predicted molar refractivity (Wildman–Crippen MR) is 52.4 cm³/mol. The quantitative estimate of drug-likeness (QED) is 0.542. The highest BCUT2D eigenvalue weighted by molar-refractivity contribution is 4.66. The fourth-order valence-electron chi connectivity index (χ4n) is 1.16. The summed E-state index contributed by atoms with van der Waals surface area (Å²) >= 11 is 0. The highest BCUT2D eigenvalue weighted by Gasteiger charge is 2.01. The molecule has 0 saturated carbocycles. The maximum atomic E-state index is 2.35. The van der Waals surface area contributed by atoms with E-state index < -0.39 is 0 Å². The van der Waals surface area contributed by atoms with Crippen LogP contribution in [-0.2, 0) is 0 Å². The summed E-state index contributed by atoms with van der Waals surface area (Å²) in [5.74, 6) is 1.75. The molecule has 0 bridgehead atoms. The van der Waals surface area contributed by atoms with E-state index in [2.05, 4.69) is 34.1 Å². The Morgan fingerprint density at radius 2 is 1.82 bits per heavy atom. The van der Waals surface area contributed by atoms with E-state index in [0.29, 0.717) is 0 Å². The van der Waals surface area contributed by atoms with Crippen LogP contribution in [0.5, 0.6) is 0 Å². The third kappa shape index (κ3) is 6.40. The van der Waals surface area contributed by atoms with E-state index in [4.69, 9.17) is 0 Å². The first kappa shape index (κ1) is 11.0. The van der Waals surface area contributed by atoms with E-state index in [-0.39, 0.29) is 0 Å². The van der Waals surface area contributed by atoms with Crippen molar-refractivity contribution in [2.45, 2.75) is 53.4 Å². The van der Waals surface area contributed by atoms with Crippen LogP contribution in [0.15, 0.2) is 0 Å². The van der Waals surface area contributed by atoms with Crippen molar-refractivity contribution in [1.82, 2.24) is 0 Å². The van der Waals surface area contributed by atoms with Gasteiger partial charge >= 0.3 is 0 Å². The first-order chi connectivity index (χ1) is 5.20. The number of hydrogen-bond donors (Lipinski definition) is 0. The summed E-state index contributed by atoms with van der Waals surface area (Å²) in [6, 6.07) is 0. The summed E-state index contributed by atoms with van der Waals surface area (Å²) in [6.45, 7) is 9.09. The molecule has 0 aliphatic carbocycles. The second-order valence-electron chi connectivity index (χ2n) is 3.75. The van der Waals surface area contributed by atoms with Crippen molar-refractivity contribution in [1.29, 1.82) is 0 Å². The fraction of sp³-hybridized carbons (Fsp3) is 0.909. The molecule has 0 N–H and O–H groups in total. The van der Waals surface area contributed by atoms with E-state index in [1.807, 2.05) is 0 Å². The van der Waals surface area contributed by atoms with Gasteiger partial charge in [-0.3, -0.25) is 0 Å². The topological polar surface area (TPSA) is 0 Å². The highest BCUT2D eigenvalue weighted by Crippen LogP contribution is 2.15. The van der Waals surface area contributed by atoms with Crippen LogP contribution in [0, 0.1) is 18.3 Å². The van der Waals surface area contributed by atoms with Gasteiger partial charge in [0.2, 0.25) is 0 Å². The Kier molecular flexibility index (Phi) is 6.69. The van der Waals surface area contributed by atoms with Gasteiger partial charge in [-0.15, -0.1) is 0 Å². The van der Waals surface area contributed by atoms with E-state index in [1.54, 1.807) is 0 Å². The minimum absolute atomic E-state index is 0.819. The van der Waals surface area contributed by atoms with Crippen LogP contribution in [-0.4, -0.2) is 0 Å². The summed E-state index contributed by atoms with van der Waals surface area (Å²) in [6.07, 6.45) is 7.83. The minimum Gasteiger partial charge on any atom is -0.0651 e. The minimum atomic E-state index is 0.819. The lowest BCUT2D eigenvalue weighted by atomic mass is 9.96. The smallest absolute Gasteiger partial charge is 0.0389 e. The van der Waals surface area contributed by atoms with Crippen molar-refractivity contribution in [2.75, 3.05) is 0 Å². The molecule has 0 saturated heterocycles. The van der Waals surface area contributed by atoms with Gasteiger partial charge in [0.1, 0.15) is 0 Å². The van der Waals surface area contributed by atoms with Crippen molar-refractivity contribution in [3.8, 4) is 0 Å². The van der Waals surface area contributed by atoms with Gasteiger partial charge in [-0.25, -0.2) is 0 Å². The summed E-state index contributed by atoms with van der Waals surface area (Å²) in [7, 11) is 0. The van der Waals surface area contributed by atoms with Crippen LogP contribution in [0.4, 0.5) is 0 Å². The van der Waals surface area contributed by atoms with Crippen molar-refractivity contribution in [3.05, 3.63) is 6.42 Å². The Morgan fingerprint density at radius 1 is 1.18 bits per heavy atom. The zero-order valence-corrected chi connectivity index (χ0v) is 8.56. The van der Waals surface area contributed by atoms with E-state index >= 15 is 0 Å². The fourth-order valence-corrected chi connectivity index (χ4v) is 1.16. The van der Waals surface area contributed by atoms with Gasteiger partial charge in [-0.2, -0.15) is 0 Å². The first-order valence-electron chi connectivity index (χ1n) is 5.00.